The second-order valence-corrected chi connectivity index (χ2v) is 2.90. The zero-order chi connectivity index (χ0) is 11.4. The number of aliphatic carboxylic acids is 1. The van der Waals surface area contributed by atoms with E-state index in [0.717, 1.165) is 0 Å². The number of methoxy groups -OCH3 is 1. The van der Waals surface area contributed by atoms with Gasteiger partial charge in [0.05, 0.1) is 7.11 Å². The van der Waals surface area contributed by atoms with Gasteiger partial charge in [0.15, 0.2) is 0 Å². The molecule has 15 heavy (non-hydrogen) atoms. The van der Waals surface area contributed by atoms with Gasteiger partial charge in [-0.3, -0.25) is 4.79 Å². The Morgan fingerprint density at radius 3 is 2.60 bits per heavy atom. The van der Waals surface area contributed by atoms with Crippen LogP contribution in [-0.4, -0.2) is 29.1 Å². The maximum absolute atomic E-state index is 10.9. The molecule has 0 heterocycles. The third-order valence-electron chi connectivity index (χ3n) is 1.86. The van der Waals surface area contributed by atoms with Gasteiger partial charge in [0.2, 0.25) is 5.78 Å². The number of hydrogen-bond donors (Lipinski definition) is 2. The van der Waals surface area contributed by atoms with Crippen molar-refractivity contribution in [1.29, 1.82) is 0 Å². The lowest BCUT2D eigenvalue weighted by molar-refractivity contribution is -0.148. The van der Waals surface area contributed by atoms with Crippen LogP contribution in [0, 0.1) is 0 Å². The molecular formula is C10H10O5. The first-order valence-electron chi connectivity index (χ1n) is 4.16. The monoisotopic (exact) mass is 210 g/mol. The van der Waals surface area contributed by atoms with Crippen LogP contribution in [-0.2, 0) is 16.0 Å². The number of phenols is 1. The van der Waals surface area contributed by atoms with E-state index in [1.807, 2.05) is 0 Å². The van der Waals surface area contributed by atoms with Crippen LogP contribution in [0.3, 0.4) is 0 Å². The number of aromatic hydroxyl groups is 1. The standard InChI is InChI=1S/C10H10O5/c1-15-9-5-7(11)3-2-6(9)4-8(12)10(13)14/h2-3,5,11H,4H2,1H3,(H,13,14). The van der Waals surface area contributed by atoms with Gasteiger partial charge in [0.25, 0.3) is 0 Å². The molecule has 5 heteroatoms. The summed E-state index contributed by atoms with van der Waals surface area (Å²) in [4.78, 5) is 21.3. The minimum Gasteiger partial charge on any atom is -0.508 e. The van der Waals surface area contributed by atoms with E-state index in [4.69, 9.17) is 14.9 Å². The van der Waals surface area contributed by atoms with Crippen LogP contribution >= 0.6 is 0 Å². The molecule has 0 fully saturated rings. The molecule has 0 amide bonds. The topological polar surface area (TPSA) is 83.8 Å². The Morgan fingerprint density at radius 1 is 1.40 bits per heavy atom. The summed E-state index contributed by atoms with van der Waals surface area (Å²) in [6.45, 7) is 0. The van der Waals surface area contributed by atoms with Crippen molar-refractivity contribution in [3.8, 4) is 11.5 Å². The number of phenolic OH excluding ortho intramolecular Hbond substituents is 1. The summed E-state index contributed by atoms with van der Waals surface area (Å²) in [5.74, 6) is -2.10. The summed E-state index contributed by atoms with van der Waals surface area (Å²) in [5.41, 5.74) is 0.433. The fraction of sp³-hybridized carbons (Fsp3) is 0.200. The molecule has 0 aliphatic rings. The highest BCUT2D eigenvalue weighted by Gasteiger charge is 2.15. The van der Waals surface area contributed by atoms with Gasteiger partial charge in [-0.25, -0.2) is 4.79 Å². The third kappa shape index (κ3) is 2.70. The van der Waals surface area contributed by atoms with Gasteiger partial charge in [-0.05, 0) is 6.07 Å². The van der Waals surface area contributed by atoms with Crippen molar-refractivity contribution in [1.82, 2.24) is 0 Å². The van der Waals surface area contributed by atoms with E-state index in [-0.39, 0.29) is 12.2 Å². The average molecular weight is 210 g/mol. The number of carboxylic acids is 1. The average Bonchev–Trinajstić information content (AvgIpc) is 2.20. The lowest BCUT2D eigenvalue weighted by Gasteiger charge is -2.06. The van der Waals surface area contributed by atoms with Gasteiger partial charge in [-0.1, -0.05) is 6.07 Å². The molecule has 1 aromatic rings. The molecule has 0 bridgehead atoms. The van der Waals surface area contributed by atoms with Crippen molar-refractivity contribution in [3.63, 3.8) is 0 Å². The summed E-state index contributed by atoms with van der Waals surface area (Å²) in [6, 6.07) is 4.15. The Labute approximate surface area is 85.9 Å². The molecule has 0 atom stereocenters. The first-order chi connectivity index (χ1) is 7.04. The van der Waals surface area contributed by atoms with Crippen molar-refractivity contribution >= 4 is 11.8 Å². The lowest BCUT2D eigenvalue weighted by atomic mass is 10.1. The number of rotatable bonds is 4. The smallest absolute Gasteiger partial charge is 0.372 e. The van der Waals surface area contributed by atoms with E-state index in [2.05, 4.69) is 0 Å². The highest BCUT2D eigenvalue weighted by atomic mass is 16.5. The first-order valence-corrected chi connectivity index (χ1v) is 4.16. The number of hydrogen-bond acceptors (Lipinski definition) is 4. The van der Waals surface area contributed by atoms with E-state index < -0.39 is 11.8 Å². The number of carbonyl (C=O) groups excluding carboxylic acids is 1. The summed E-state index contributed by atoms with van der Waals surface area (Å²) < 4.78 is 4.90. The quantitative estimate of drug-likeness (QED) is 0.711. The van der Waals surface area contributed by atoms with Crippen LogP contribution in [0.2, 0.25) is 0 Å². The predicted octanol–water partition coefficient (Wildman–Crippen LogP) is 0.597. The summed E-state index contributed by atoms with van der Waals surface area (Å²) in [5, 5.41) is 17.6. The molecule has 0 aromatic heterocycles. The Morgan fingerprint density at radius 2 is 2.07 bits per heavy atom. The normalized spacial score (nSPS) is 9.67. The zero-order valence-corrected chi connectivity index (χ0v) is 8.06. The van der Waals surface area contributed by atoms with E-state index >= 15 is 0 Å². The van der Waals surface area contributed by atoms with E-state index in [9.17, 15) is 9.59 Å². The fourth-order valence-corrected chi connectivity index (χ4v) is 1.13. The second kappa shape index (κ2) is 4.45. The molecule has 0 saturated heterocycles. The first kappa shape index (κ1) is 11.0. The van der Waals surface area contributed by atoms with Gasteiger partial charge in [-0.2, -0.15) is 0 Å². The SMILES string of the molecule is COc1cc(O)ccc1CC(=O)C(=O)O. The molecule has 5 nitrogen and oxygen atoms in total. The van der Waals surface area contributed by atoms with Crippen molar-refractivity contribution in [3.05, 3.63) is 23.8 Å². The maximum Gasteiger partial charge on any atom is 0.372 e. The van der Waals surface area contributed by atoms with E-state index in [0.29, 0.717) is 11.3 Å². The minimum atomic E-state index is -1.48. The highest BCUT2D eigenvalue weighted by molar-refractivity contribution is 6.33. The third-order valence-corrected chi connectivity index (χ3v) is 1.86. The summed E-state index contributed by atoms with van der Waals surface area (Å²) in [7, 11) is 1.38. The van der Waals surface area contributed by atoms with Crippen molar-refractivity contribution in [2.24, 2.45) is 0 Å². The van der Waals surface area contributed by atoms with Crippen LogP contribution in [0.5, 0.6) is 11.5 Å². The number of carbonyl (C=O) groups is 2. The molecule has 0 radical (unpaired) electrons. The zero-order valence-electron chi connectivity index (χ0n) is 8.06. The van der Waals surface area contributed by atoms with E-state index in [1.165, 1.54) is 25.3 Å². The van der Waals surface area contributed by atoms with Gasteiger partial charge in [0, 0.05) is 18.1 Å². The molecule has 2 N–H and O–H groups in total. The van der Waals surface area contributed by atoms with E-state index in [1.54, 1.807) is 0 Å². The van der Waals surface area contributed by atoms with Gasteiger partial charge in [-0.15, -0.1) is 0 Å². The molecule has 0 spiro atoms. The minimum absolute atomic E-state index is 0.00151. The van der Waals surface area contributed by atoms with Crippen LogP contribution in [0.25, 0.3) is 0 Å². The Hall–Kier alpha value is -2.04. The number of benzene rings is 1. The number of ketones is 1. The van der Waals surface area contributed by atoms with Crippen molar-refractivity contribution in [2.45, 2.75) is 6.42 Å². The molecule has 1 aromatic carbocycles. The predicted molar refractivity (Wildman–Crippen MR) is 51.0 cm³/mol. The number of ether oxygens (including phenoxy) is 1. The largest absolute Gasteiger partial charge is 0.508 e. The summed E-state index contributed by atoms with van der Waals surface area (Å²) in [6.07, 6.45) is -0.251. The van der Waals surface area contributed by atoms with Gasteiger partial charge < -0.3 is 14.9 Å². The molecule has 0 aliphatic heterocycles. The molecule has 1 rings (SSSR count). The highest BCUT2D eigenvalue weighted by Crippen LogP contribution is 2.24. The molecule has 0 aliphatic carbocycles. The summed E-state index contributed by atoms with van der Waals surface area (Å²) >= 11 is 0. The Bertz CT molecular complexity index is 397. The molecule has 0 saturated carbocycles. The maximum atomic E-state index is 10.9. The van der Waals surface area contributed by atoms with Crippen LogP contribution in [0.1, 0.15) is 5.56 Å². The lowest BCUT2D eigenvalue weighted by Crippen LogP contribution is -2.15. The van der Waals surface area contributed by atoms with Crippen LogP contribution in [0.15, 0.2) is 18.2 Å². The Kier molecular flexibility index (Phi) is 3.28. The molecule has 0 unspecified atom stereocenters. The number of carboxylic acid groups (broad SMARTS) is 1. The van der Waals surface area contributed by atoms with Gasteiger partial charge in [0.1, 0.15) is 11.5 Å². The van der Waals surface area contributed by atoms with Crippen molar-refractivity contribution < 1.29 is 24.5 Å². The van der Waals surface area contributed by atoms with Crippen LogP contribution < -0.4 is 4.74 Å². The van der Waals surface area contributed by atoms with Gasteiger partial charge >= 0.3 is 5.97 Å². The Balaban J connectivity index is 2.94. The molecular weight excluding hydrogens is 200 g/mol. The fourth-order valence-electron chi connectivity index (χ4n) is 1.13. The van der Waals surface area contributed by atoms with Crippen molar-refractivity contribution in [2.75, 3.05) is 7.11 Å². The van der Waals surface area contributed by atoms with Crippen LogP contribution in [0.4, 0.5) is 0 Å². The number of Topliss-reactive ketones (excluding diaryl/α,β-unsaturated/α-hetero) is 1. The second-order valence-electron chi connectivity index (χ2n) is 2.90. The molecule has 80 valence electrons.